The van der Waals surface area contributed by atoms with Crippen molar-refractivity contribution in [1.82, 2.24) is 15.1 Å². The number of hydrogen-bond donors (Lipinski definition) is 3. The summed E-state index contributed by atoms with van der Waals surface area (Å²) in [6.45, 7) is 13.1. The van der Waals surface area contributed by atoms with Gasteiger partial charge in [-0.2, -0.15) is 0 Å². The number of anilines is 2. The van der Waals surface area contributed by atoms with Crippen LogP contribution in [0.25, 0.3) is 0 Å². The number of rotatable bonds is 4. The lowest BCUT2D eigenvalue weighted by Crippen LogP contribution is -2.57. The fourth-order valence-electron chi connectivity index (χ4n) is 4.93. The summed E-state index contributed by atoms with van der Waals surface area (Å²) in [5, 5.41) is 16.5. The lowest BCUT2D eigenvalue weighted by Gasteiger charge is -2.41. The van der Waals surface area contributed by atoms with Gasteiger partial charge in [0.25, 0.3) is 11.8 Å². The highest BCUT2D eigenvalue weighted by Crippen LogP contribution is 2.30. The number of benzene rings is 1. The van der Waals surface area contributed by atoms with Gasteiger partial charge in [0.05, 0.1) is 5.92 Å². The number of fused-ring (bicyclic) bond motifs is 1. The smallest absolute Gasteiger partial charge is 0.410 e. The van der Waals surface area contributed by atoms with Gasteiger partial charge in [-0.1, -0.05) is 6.92 Å². The molecule has 3 aliphatic rings. The van der Waals surface area contributed by atoms with E-state index in [9.17, 15) is 19.5 Å². The second-order valence-corrected chi connectivity index (χ2v) is 10.6. The Hall–Kier alpha value is -3.27. The molecule has 3 heterocycles. The third-order valence-corrected chi connectivity index (χ3v) is 6.95. The summed E-state index contributed by atoms with van der Waals surface area (Å²) in [6, 6.07) is 7.14. The number of carbonyl (C=O) groups excluding carboxylic acids is 3. The fourth-order valence-corrected chi connectivity index (χ4v) is 4.93. The summed E-state index contributed by atoms with van der Waals surface area (Å²) >= 11 is 0. The Labute approximate surface area is 212 Å². The van der Waals surface area contributed by atoms with E-state index >= 15 is 0 Å². The lowest BCUT2D eigenvalue weighted by molar-refractivity contribution is -0.124. The molecule has 36 heavy (non-hydrogen) atoms. The Morgan fingerprint density at radius 2 is 1.78 bits per heavy atom. The van der Waals surface area contributed by atoms with E-state index < -0.39 is 29.4 Å². The molecule has 10 heteroatoms. The Morgan fingerprint density at radius 1 is 1.11 bits per heavy atom. The van der Waals surface area contributed by atoms with Crippen LogP contribution in [0.1, 0.15) is 34.1 Å². The summed E-state index contributed by atoms with van der Waals surface area (Å²) in [7, 11) is 0. The van der Waals surface area contributed by atoms with Gasteiger partial charge in [0.2, 0.25) is 0 Å². The van der Waals surface area contributed by atoms with E-state index in [0.29, 0.717) is 18.7 Å². The molecular formula is C26H37N5O5. The van der Waals surface area contributed by atoms with Crippen molar-refractivity contribution in [3.05, 3.63) is 35.6 Å². The zero-order valence-corrected chi connectivity index (χ0v) is 21.5. The van der Waals surface area contributed by atoms with Crippen LogP contribution >= 0.6 is 0 Å². The van der Waals surface area contributed by atoms with E-state index in [4.69, 9.17) is 4.74 Å². The van der Waals surface area contributed by atoms with E-state index in [0.717, 1.165) is 38.4 Å². The second kappa shape index (κ2) is 10.4. The van der Waals surface area contributed by atoms with Crippen molar-refractivity contribution < 1.29 is 24.2 Å². The van der Waals surface area contributed by atoms with Crippen molar-refractivity contribution in [2.45, 2.75) is 45.8 Å². The molecule has 0 aliphatic carbocycles. The van der Waals surface area contributed by atoms with E-state index in [2.05, 4.69) is 27.4 Å². The molecule has 3 amide bonds. The van der Waals surface area contributed by atoms with Crippen LogP contribution in [-0.4, -0.2) is 90.3 Å². The number of nitrogens with zero attached hydrogens (tertiary/aromatic N) is 3. The van der Waals surface area contributed by atoms with Crippen molar-refractivity contribution in [2.75, 3.05) is 56.0 Å². The highest BCUT2D eigenvalue weighted by Gasteiger charge is 2.43. The zero-order chi connectivity index (χ0) is 26.0. The number of amides is 3. The van der Waals surface area contributed by atoms with Crippen LogP contribution in [0.4, 0.5) is 16.2 Å². The van der Waals surface area contributed by atoms with Crippen molar-refractivity contribution in [1.29, 1.82) is 0 Å². The predicted octanol–water partition coefficient (Wildman–Crippen LogP) is 2.33. The van der Waals surface area contributed by atoms with E-state index in [1.54, 1.807) is 32.9 Å². The maximum absolute atomic E-state index is 13.0. The molecule has 1 aromatic carbocycles. The first-order valence-corrected chi connectivity index (χ1v) is 12.7. The van der Waals surface area contributed by atoms with E-state index in [1.807, 2.05) is 12.1 Å². The van der Waals surface area contributed by atoms with Gasteiger partial charge in [0, 0.05) is 56.7 Å². The first-order chi connectivity index (χ1) is 17.1. The number of piperazine rings is 1. The number of likely N-dealkylation sites (tertiary alicyclic amines) is 1. The van der Waals surface area contributed by atoms with Crippen LogP contribution in [0.15, 0.2) is 35.6 Å². The predicted molar refractivity (Wildman–Crippen MR) is 137 cm³/mol. The number of likely N-dealkylation sites (N-methyl/N-ethyl adjacent to an activating group) is 1. The third kappa shape index (κ3) is 5.75. The molecule has 2 saturated heterocycles. The third-order valence-electron chi connectivity index (χ3n) is 6.95. The highest BCUT2D eigenvalue weighted by atomic mass is 16.6. The number of ether oxygens (including phenoxy) is 1. The summed E-state index contributed by atoms with van der Waals surface area (Å²) in [5.41, 5.74) is 0.651. The first kappa shape index (κ1) is 25.8. The largest absolute Gasteiger partial charge is 0.511 e. The SMILES string of the molecule is CCN1CCN(c2ccc(NC(=O)C3=C(O)C4CN(C(=O)OC(C)(C)C)CCC4NC3=O)cc2)CC1. The van der Waals surface area contributed by atoms with Crippen LogP contribution in [-0.2, 0) is 14.3 Å². The summed E-state index contributed by atoms with van der Waals surface area (Å²) < 4.78 is 5.45. The van der Waals surface area contributed by atoms with Crippen LogP contribution in [0, 0.1) is 5.92 Å². The maximum Gasteiger partial charge on any atom is 0.410 e. The second-order valence-electron chi connectivity index (χ2n) is 10.6. The van der Waals surface area contributed by atoms with Gasteiger partial charge >= 0.3 is 6.09 Å². The standard InChI is InChI=1S/C26H37N5O5/c1-5-29-12-14-30(15-13-29)18-8-6-17(7-9-18)27-23(33)21-22(32)19-16-31(25(35)36-26(2,3)4)11-10-20(19)28-24(21)34/h6-9,19-20,32H,5,10-16H2,1-4H3,(H,27,33)(H,28,34). The number of piperidine rings is 1. The highest BCUT2D eigenvalue weighted by molar-refractivity contribution is 6.23. The number of aliphatic hydroxyl groups is 1. The molecule has 0 radical (unpaired) electrons. The van der Waals surface area contributed by atoms with Gasteiger partial charge in [-0.15, -0.1) is 0 Å². The summed E-state index contributed by atoms with van der Waals surface area (Å²) in [5.74, 6) is -2.15. The molecule has 4 rings (SSSR count). The van der Waals surface area contributed by atoms with Gasteiger partial charge in [0.1, 0.15) is 16.9 Å². The zero-order valence-electron chi connectivity index (χ0n) is 21.5. The molecule has 2 unspecified atom stereocenters. The van der Waals surface area contributed by atoms with E-state index in [1.165, 1.54) is 4.90 Å². The maximum atomic E-state index is 13.0. The number of hydrogen-bond acceptors (Lipinski definition) is 7. The Bertz CT molecular complexity index is 1020. The number of aliphatic hydroxyl groups excluding tert-OH is 1. The van der Waals surface area contributed by atoms with Crippen LogP contribution in [0.5, 0.6) is 0 Å². The molecule has 0 spiro atoms. The Kier molecular flexibility index (Phi) is 7.44. The van der Waals surface area contributed by atoms with Crippen LogP contribution in [0.3, 0.4) is 0 Å². The van der Waals surface area contributed by atoms with Crippen molar-refractivity contribution in [2.24, 2.45) is 5.92 Å². The van der Waals surface area contributed by atoms with Crippen molar-refractivity contribution in [3.63, 3.8) is 0 Å². The average molecular weight is 500 g/mol. The molecule has 2 fully saturated rings. The number of carbonyl (C=O) groups is 3. The molecule has 0 bridgehead atoms. The van der Waals surface area contributed by atoms with Crippen LogP contribution < -0.4 is 15.5 Å². The molecule has 3 aliphatic heterocycles. The molecule has 3 N–H and O–H groups in total. The first-order valence-electron chi connectivity index (χ1n) is 12.7. The molecule has 0 saturated carbocycles. The van der Waals surface area contributed by atoms with Gasteiger partial charge < -0.3 is 35.2 Å². The van der Waals surface area contributed by atoms with Crippen molar-refractivity contribution >= 4 is 29.3 Å². The monoisotopic (exact) mass is 499 g/mol. The molecule has 10 nitrogen and oxygen atoms in total. The Balaban J connectivity index is 1.43. The summed E-state index contributed by atoms with van der Waals surface area (Å²) in [4.78, 5) is 44.5. The Morgan fingerprint density at radius 3 is 2.39 bits per heavy atom. The van der Waals surface area contributed by atoms with Gasteiger partial charge in [-0.05, 0) is 58.0 Å². The van der Waals surface area contributed by atoms with Crippen molar-refractivity contribution in [3.8, 4) is 0 Å². The normalized spacial score (nSPS) is 23.2. The van der Waals surface area contributed by atoms with Gasteiger partial charge in [-0.25, -0.2) is 4.79 Å². The fraction of sp³-hybridized carbons (Fsp3) is 0.577. The molecule has 2 atom stereocenters. The minimum atomic E-state index is -0.679. The summed E-state index contributed by atoms with van der Waals surface area (Å²) in [6.07, 6.45) is -0.0179. The molecule has 1 aromatic rings. The minimum Gasteiger partial charge on any atom is -0.511 e. The van der Waals surface area contributed by atoms with Crippen LogP contribution in [0.2, 0.25) is 0 Å². The minimum absolute atomic E-state index is 0.155. The molecule has 0 aromatic heterocycles. The molecular weight excluding hydrogens is 462 g/mol. The topological polar surface area (TPSA) is 114 Å². The van der Waals surface area contributed by atoms with E-state index in [-0.39, 0.29) is 23.9 Å². The van der Waals surface area contributed by atoms with Gasteiger partial charge in [-0.3, -0.25) is 9.59 Å². The molecule has 196 valence electrons. The lowest BCUT2D eigenvalue weighted by atomic mass is 9.85. The average Bonchev–Trinajstić information content (AvgIpc) is 2.83. The quantitative estimate of drug-likeness (QED) is 0.545. The van der Waals surface area contributed by atoms with Gasteiger partial charge in [0.15, 0.2) is 0 Å². The number of nitrogens with one attached hydrogen (secondary N) is 2.